The Bertz CT molecular complexity index is 884. The molecule has 3 N–H and O–H groups in total. The molecule has 0 spiro atoms. The van der Waals surface area contributed by atoms with Crippen molar-refractivity contribution in [2.45, 2.75) is 13.3 Å². The van der Waals surface area contributed by atoms with Crippen molar-refractivity contribution in [2.75, 3.05) is 32.6 Å². The number of carbonyl (C=O) groups excluding carboxylic acids is 1. The van der Waals surface area contributed by atoms with E-state index in [1.54, 1.807) is 32.4 Å². The molecule has 2 aromatic rings. The molecule has 0 saturated heterocycles. The molecule has 6 nitrogen and oxygen atoms in total. The van der Waals surface area contributed by atoms with Crippen molar-refractivity contribution in [3.05, 3.63) is 59.2 Å². The minimum atomic E-state index is -0.180. The van der Waals surface area contributed by atoms with Crippen molar-refractivity contribution in [1.29, 1.82) is 0 Å². The van der Waals surface area contributed by atoms with E-state index in [2.05, 4.69) is 32.9 Å². The molecule has 0 fully saturated rings. The zero-order valence-electron chi connectivity index (χ0n) is 16.5. The smallest absolute Gasteiger partial charge is 0.243 e. The summed E-state index contributed by atoms with van der Waals surface area (Å²) in [7, 11) is 3.34. The predicted molar refractivity (Wildman–Crippen MR) is 114 cm³/mol. The van der Waals surface area contributed by atoms with Crippen molar-refractivity contribution in [2.24, 2.45) is 4.99 Å². The highest BCUT2D eigenvalue weighted by Crippen LogP contribution is 2.19. The standard InChI is InChI=1S/C22H26N4O2/c1-5-17-7-6-8-19(13-17)26-21(27)15-25-22(23-3)24-12-11-18-10-9-16(2)20(14-18)28-4/h1,6-10,13-14H,11-12,15H2,2-4H3,(H,26,27)(H2,23,24,25). The number of rotatable bonds is 7. The molecule has 0 unspecified atom stereocenters. The first-order chi connectivity index (χ1) is 13.5. The lowest BCUT2D eigenvalue weighted by Crippen LogP contribution is -2.42. The number of guanidine groups is 1. The van der Waals surface area contributed by atoms with Gasteiger partial charge in [-0.2, -0.15) is 0 Å². The van der Waals surface area contributed by atoms with E-state index in [0.717, 1.165) is 28.9 Å². The average Bonchev–Trinajstić information content (AvgIpc) is 2.71. The number of hydrogen-bond donors (Lipinski definition) is 3. The lowest BCUT2D eigenvalue weighted by Gasteiger charge is -2.13. The van der Waals surface area contributed by atoms with Crippen LogP contribution in [-0.2, 0) is 11.2 Å². The Morgan fingerprint density at radius 2 is 2.04 bits per heavy atom. The van der Waals surface area contributed by atoms with E-state index in [-0.39, 0.29) is 12.5 Å². The van der Waals surface area contributed by atoms with Crippen LogP contribution in [0.3, 0.4) is 0 Å². The lowest BCUT2D eigenvalue weighted by atomic mass is 10.1. The maximum Gasteiger partial charge on any atom is 0.243 e. The number of benzene rings is 2. The Morgan fingerprint density at radius 3 is 2.75 bits per heavy atom. The second-order valence-electron chi connectivity index (χ2n) is 6.18. The van der Waals surface area contributed by atoms with E-state index in [4.69, 9.17) is 11.2 Å². The fourth-order valence-electron chi connectivity index (χ4n) is 2.62. The summed E-state index contributed by atoms with van der Waals surface area (Å²) in [5.41, 5.74) is 3.65. The third kappa shape index (κ3) is 6.36. The van der Waals surface area contributed by atoms with Gasteiger partial charge in [0, 0.05) is 24.8 Å². The van der Waals surface area contributed by atoms with Gasteiger partial charge in [-0.15, -0.1) is 6.42 Å². The summed E-state index contributed by atoms with van der Waals surface area (Å²) in [5.74, 6) is 3.80. The number of nitrogens with zero attached hydrogens (tertiary/aromatic N) is 1. The number of aliphatic imine (C=N–C) groups is 1. The van der Waals surface area contributed by atoms with Crippen molar-refractivity contribution in [1.82, 2.24) is 10.6 Å². The summed E-state index contributed by atoms with van der Waals surface area (Å²) in [5, 5.41) is 9.00. The van der Waals surface area contributed by atoms with Gasteiger partial charge in [0.15, 0.2) is 5.96 Å². The predicted octanol–water partition coefficient (Wildman–Crippen LogP) is 2.33. The summed E-state index contributed by atoms with van der Waals surface area (Å²) in [6.45, 7) is 2.79. The van der Waals surface area contributed by atoms with Crippen molar-refractivity contribution in [3.8, 4) is 18.1 Å². The summed E-state index contributed by atoms with van der Waals surface area (Å²) >= 11 is 0. The van der Waals surface area contributed by atoms with Gasteiger partial charge in [0.1, 0.15) is 5.75 Å². The van der Waals surface area contributed by atoms with Gasteiger partial charge in [0.2, 0.25) is 5.91 Å². The average molecular weight is 378 g/mol. The van der Waals surface area contributed by atoms with E-state index >= 15 is 0 Å². The molecule has 0 aromatic heterocycles. The number of ether oxygens (including phenoxy) is 1. The van der Waals surface area contributed by atoms with E-state index in [0.29, 0.717) is 18.2 Å². The van der Waals surface area contributed by atoms with Crippen LogP contribution in [0.25, 0.3) is 0 Å². The quantitative estimate of drug-likeness (QED) is 0.393. The molecule has 0 aliphatic rings. The SMILES string of the molecule is C#Cc1cccc(NC(=O)CNC(=NC)NCCc2ccc(C)c(OC)c2)c1. The molecular formula is C22H26N4O2. The Kier molecular flexibility index (Phi) is 7.92. The number of amides is 1. The molecule has 0 atom stereocenters. The highest BCUT2D eigenvalue weighted by atomic mass is 16.5. The Morgan fingerprint density at radius 1 is 1.21 bits per heavy atom. The number of terminal acetylenes is 1. The monoisotopic (exact) mass is 378 g/mol. The highest BCUT2D eigenvalue weighted by Gasteiger charge is 2.05. The molecule has 2 rings (SSSR count). The third-order valence-electron chi connectivity index (χ3n) is 4.13. The maximum absolute atomic E-state index is 12.1. The van der Waals surface area contributed by atoms with Gasteiger partial charge in [-0.05, 0) is 48.7 Å². The number of hydrogen-bond acceptors (Lipinski definition) is 3. The molecule has 28 heavy (non-hydrogen) atoms. The highest BCUT2D eigenvalue weighted by molar-refractivity contribution is 5.95. The van der Waals surface area contributed by atoms with Crippen LogP contribution in [-0.4, -0.2) is 39.1 Å². The summed E-state index contributed by atoms with van der Waals surface area (Å²) in [4.78, 5) is 16.2. The molecule has 0 bridgehead atoms. The molecule has 0 aliphatic heterocycles. The molecule has 0 aliphatic carbocycles. The molecule has 146 valence electrons. The Labute approximate surface area is 166 Å². The van der Waals surface area contributed by atoms with Crippen LogP contribution in [0.15, 0.2) is 47.5 Å². The first-order valence-corrected chi connectivity index (χ1v) is 9.00. The molecule has 6 heteroatoms. The molecular weight excluding hydrogens is 352 g/mol. The second-order valence-corrected chi connectivity index (χ2v) is 6.18. The van der Waals surface area contributed by atoms with E-state index in [1.807, 2.05) is 25.1 Å². The van der Waals surface area contributed by atoms with E-state index < -0.39 is 0 Å². The van der Waals surface area contributed by atoms with Gasteiger partial charge in [-0.1, -0.05) is 24.1 Å². The third-order valence-corrected chi connectivity index (χ3v) is 4.13. The number of nitrogens with one attached hydrogen (secondary N) is 3. The van der Waals surface area contributed by atoms with Gasteiger partial charge < -0.3 is 20.7 Å². The van der Waals surface area contributed by atoms with Gasteiger partial charge >= 0.3 is 0 Å². The van der Waals surface area contributed by atoms with Crippen LogP contribution in [0, 0.1) is 19.3 Å². The molecule has 0 radical (unpaired) electrons. The Balaban J connectivity index is 1.78. The molecule has 0 heterocycles. The minimum Gasteiger partial charge on any atom is -0.496 e. The van der Waals surface area contributed by atoms with Crippen LogP contribution in [0.4, 0.5) is 5.69 Å². The van der Waals surface area contributed by atoms with Crippen molar-refractivity contribution >= 4 is 17.6 Å². The van der Waals surface area contributed by atoms with Crippen LogP contribution in [0.5, 0.6) is 5.75 Å². The summed E-state index contributed by atoms with van der Waals surface area (Å²) < 4.78 is 5.35. The molecule has 2 aromatic carbocycles. The number of methoxy groups -OCH3 is 1. The molecule has 0 saturated carbocycles. The van der Waals surface area contributed by atoms with Gasteiger partial charge in [0.05, 0.1) is 13.7 Å². The first-order valence-electron chi connectivity index (χ1n) is 9.00. The fraction of sp³-hybridized carbons (Fsp3) is 0.273. The van der Waals surface area contributed by atoms with Crippen LogP contribution < -0.4 is 20.7 Å². The van der Waals surface area contributed by atoms with Gasteiger partial charge in [0.25, 0.3) is 0 Å². The number of anilines is 1. The largest absolute Gasteiger partial charge is 0.496 e. The maximum atomic E-state index is 12.1. The van der Waals surface area contributed by atoms with Crippen molar-refractivity contribution in [3.63, 3.8) is 0 Å². The number of aryl methyl sites for hydroxylation is 1. The first kappa shape index (κ1) is 20.8. The zero-order valence-corrected chi connectivity index (χ0v) is 16.5. The molecule has 1 amide bonds. The number of carbonyl (C=O) groups is 1. The van der Waals surface area contributed by atoms with Gasteiger partial charge in [-0.3, -0.25) is 9.79 Å². The second kappa shape index (κ2) is 10.6. The van der Waals surface area contributed by atoms with E-state index in [9.17, 15) is 4.79 Å². The topological polar surface area (TPSA) is 74.8 Å². The van der Waals surface area contributed by atoms with Crippen LogP contribution >= 0.6 is 0 Å². The minimum absolute atomic E-state index is 0.0955. The van der Waals surface area contributed by atoms with Crippen LogP contribution in [0.2, 0.25) is 0 Å². The normalized spacial score (nSPS) is 10.7. The lowest BCUT2D eigenvalue weighted by molar-refractivity contribution is -0.115. The summed E-state index contributed by atoms with van der Waals surface area (Å²) in [6, 6.07) is 13.3. The Hall–Kier alpha value is -3.46. The van der Waals surface area contributed by atoms with Gasteiger partial charge in [-0.25, -0.2) is 0 Å². The summed E-state index contributed by atoms with van der Waals surface area (Å²) in [6.07, 6.45) is 6.18. The van der Waals surface area contributed by atoms with Crippen LogP contribution in [0.1, 0.15) is 16.7 Å². The zero-order chi connectivity index (χ0) is 20.4. The van der Waals surface area contributed by atoms with E-state index in [1.165, 1.54) is 0 Å². The van der Waals surface area contributed by atoms with Crippen molar-refractivity contribution < 1.29 is 9.53 Å². The fourth-order valence-corrected chi connectivity index (χ4v) is 2.62.